The van der Waals surface area contributed by atoms with E-state index in [4.69, 9.17) is 11.6 Å². The maximum atomic E-state index is 13.4. The number of aromatic nitrogens is 1. The van der Waals surface area contributed by atoms with Gasteiger partial charge in [-0.05, 0) is 114 Å². The normalized spacial score (nSPS) is 13.9. The molecule has 5 aromatic carbocycles. The minimum Gasteiger partial charge on any atom is -0.361 e. The van der Waals surface area contributed by atoms with Gasteiger partial charge in [0.2, 0.25) is 0 Å². The van der Waals surface area contributed by atoms with Crippen LogP contribution in [0.5, 0.6) is 0 Å². The van der Waals surface area contributed by atoms with Crippen molar-refractivity contribution in [3.05, 3.63) is 132 Å². The number of halogens is 2. The van der Waals surface area contributed by atoms with Crippen LogP contribution >= 0.6 is 11.6 Å². The molecule has 228 valence electrons. The number of nitrogens with zero attached hydrogens (tertiary/aromatic N) is 1. The van der Waals surface area contributed by atoms with E-state index < -0.39 is 5.24 Å². The molecule has 7 heteroatoms. The topological polar surface area (TPSA) is 65.2 Å². The number of amides is 1. The van der Waals surface area contributed by atoms with Crippen LogP contribution in [0.2, 0.25) is 0 Å². The van der Waals surface area contributed by atoms with Gasteiger partial charge >= 0.3 is 0 Å². The molecule has 0 saturated carbocycles. The monoisotopic (exact) mass is 619 g/mol. The number of hydrogen-bond acceptors (Lipinski definition) is 3. The fourth-order valence-corrected chi connectivity index (χ4v) is 6.51. The summed E-state index contributed by atoms with van der Waals surface area (Å²) >= 11 is 5.44. The van der Waals surface area contributed by atoms with Crippen LogP contribution in [0.1, 0.15) is 51.5 Å². The van der Waals surface area contributed by atoms with E-state index in [1.165, 1.54) is 5.56 Å². The lowest BCUT2D eigenvalue weighted by atomic mass is 9.89. The molecule has 1 amide bonds. The molecular formula is C38H35ClFN3O2. The van der Waals surface area contributed by atoms with Gasteiger partial charge in [0.25, 0.3) is 11.1 Å². The summed E-state index contributed by atoms with van der Waals surface area (Å²) in [5.41, 5.74) is 3.49. The molecular weight excluding hydrogens is 585 g/mol. The zero-order valence-electron chi connectivity index (χ0n) is 24.9. The molecule has 6 aromatic rings. The van der Waals surface area contributed by atoms with Crippen molar-refractivity contribution in [1.82, 2.24) is 15.2 Å². The summed E-state index contributed by atoms with van der Waals surface area (Å²) < 4.78 is 13.4. The number of carbonyl (C=O) groups excluding carboxylic acids is 2. The lowest BCUT2D eigenvalue weighted by Gasteiger charge is -2.32. The lowest BCUT2D eigenvalue weighted by Crippen LogP contribution is -2.35. The zero-order chi connectivity index (χ0) is 31.2. The number of nitrogens with one attached hydrogen (secondary N) is 2. The van der Waals surface area contributed by atoms with Gasteiger partial charge < -0.3 is 15.2 Å². The summed E-state index contributed by atoms with van der Waals surface area (Å²) in [6.07, 6.45) is 5.19. The first kappa shape index (κ1) is 30.5. The van der Waals surface area contributed by atoms with Gasteiger partial charge in [0.15, 0.2) is 0 Å². The molecule has 1 aromatic heterocycles. The van der Waals surface area contributed by atoms with Gasteiger partial charge in [-0.25, -0.2) is 4.39 Å². The van der Waals surface area contributed by atoms with E-state index >= 15 is 0 Å². The Kier molecular flexibility index (Phi) is 9.53. The Morgan fingerprint density at radius 3 is 2.11 bits per heavy atom. The van der Waals surface area contributed by atoms with Crippen LogP contribution in [-0.2, 0) is 0 Å². The first-order valence-electron chi connectivity index (χ1n) is 15.4. The lowest BCUT2D eigenvalue weighted by molar-refractivity contribution is 0.0952. The van der Waals surface area contributed by atoms with Crippen LogP contribution in [0.3, 0.4) is 0 Å². The van der Waals surface area contributed by atoms with Gasteiger partial charge in [-0.15, -0.1) is 0 Å². The largest absolute Gasteiger partial charge is 0.361 e. The quantitative estimate of drug-likeness (QED) is 0.139. The van der Waals surface area contributed by atoms with Crippen LogP contribution in [-0.4, -0.2) is 47.2 Å². The van der Waals surface area contributed by atoms with Gasteiger partial charge in [-0.1, -0.05) is 72.8 Å². The minimum absolute atomic E-state index is 0.00344. The highest BCUT2D eigenvalue weighted by Gasteiger charge is 2.22. The predicted molar refractivity (Wildman–Crippen MR) is 182 cm³/mol. The van der Waals surface area contributed by atoms with Gasteiger partial charge in [-0.3, -0.25) is 9.59 Å². The van der Waals surface area contributed by atoms with E-state index in [2.05, 4.69) is 15.2 Å². The second kappa shape index (κ2) is 14.1. The van der Waals surface area contributed by atoms with E-state index in [9.17, 15) is 14.0 Å². The number of hydrogen-bond donors (Lipinski definition) is 2. The summed E-state index contributed by atoms with van der Waals surface area (Å²) in [4.78, 5) is 29.4. The molecule has 1 aliphatic heterocycles. The Balaban J connectivity index is 0.000000229. The van der Waals surface area contributed by atoms with Crippen molar-refractivity contribution in [3.8, 4) is 0 Å². The van der Waals surface area contributed by atoms with Crippen LogP contribution in [0.25, 0.3) is 32.4 Å². The fourth-order valence-electron chi connectivity index (χ4n) is 6.35. The molecule has 0 aliphatic carbocycles. The van der Waals surface area contributed by atoms with E-state index in [-0.39, 0.29) is 11.7 Å². The van der Waals surface area contributed by atoms with Gasteiger partial charge in [-0.2, -0.15) is 0 Å². The molecule has 1 aliphatic rings. The average molecular weight is 620 g/mol. The molecule has 1 fully saturated rings. The maximum Gasteiger partial charge on any atom is 0.253 e. The van der Waals surface area contributed by atoms with E-state index in [0.717, 1.165) is 76.9 Å². The number of aromatic amines is 1. The van der Waals surface area contributed by atoms with Gasteiger partial charge in [0.05, 0.1) is 0 Å². The van der Waals surface area contributed by atoms with E-state index in [1.54, 1.807) is 18.2 Å². The van der Waals surface area contributed by atoms with Crippen LogP contribution in [0.4, 0.5) is 4.39 Å². The number of fused-ring (bicyclic) bond motifs is 3. The highest BCUT2D eigenvalue weighted by molar-refractivity contribution is 6.68. The summed E-state index contributed by atoms with van der Waals surface area (Å²) in [6, 6.07) is 32.1. The van der Waals surface area contributed by atoms with Crippen molar-refractivity contribution < 1.29 is 14.0 Å². The minimum atomic E-state index is -0.406. The second-order valence-corrected chi connectivity index (χ2v) is 11.8. The molecule has 0 spiro atoms. The van der Waals surface area contributed by atoms with Crippen LogP contribution in [0.15, 0.2) is 109 Å². The summed E-state index contributed by atoms with van der Waals surface area (Å²) in [5.74, 6) is 0.307. The van der Waals surface area contributed by atoms with E-state index in [0.29, 0.717) is 18.0 Å². The van der Waals surface area contributed by atoms with Crippen LogP contribution < -0.4 is 5.32 Å². The molecule has 0 unspecified atom stereocenters. The average Bonchev–Trinajstić information content (AvgIpc) is 3.49. The third-order valence-corrected chi connectivity index (χ3v) is 8.88. The Hall–Kier alpha value is -4.52. The van der Waals surface area contributed by atoms with Crippen LogP contribution in [0, 0.1) is 5.82 Å². The molecule has 0 atom stereocenters. The summed E-state index contributed by atoms with van der Waals surface area (Å²) in [5, 5.41) is 7.85. The first-order chi connectivity index (χ1) is 22.0. The summed E-state index contributed by atoms with van der Waals surface area (Å²) in [6.45, 7) is 3.77. The third-order valence-electron chi connectivity index (χ3n) is 8.68. The maximum absolute atomic E-state index is 13.4. The number of likely N-dealkylation sites (tertiary alicyclic amines) is 1. The number of benzene rings is 5. The Morgan fingerprint density at radius 2 is 1.42 bits per heavy atom. The van der Waals surface area contributed by atoms with Crippen molar-refractivity contribution in [2.45, 2.75) is 25.2 Å². The second-order valence-electron chi connectivity index (χ2n) is 11.5. The molecule has 1 saturated heterocycles. The van der Waals surface area contributed by atoms with Gasteiger partial charge in [0, 0.05) is 34.8 Å². The number of carbonyl (C=O) groups is 2. The predicted octanol–water partition coefficient (Wildman–Crippen LogP) is 8.68. The van der Waals surface area contributed by atoms with E-state index in [1.807, 2.05) is 91.1 Å². The van der Waals surface area contributed by atoms with Crippen molar-refractivity contribution in [2.75, 3.05) is 26.2 Å². The zero-order valence-corrected chi connectivity index (χ0v) is 25.7. The smallest absolute Gasteiger partial charge is 0.253 e. The van der Waals surface area contributed by atoms with Gasteiger partial charge in [0.1, 0.15) is 5.82 Å². The Morgan fingerprint density at radius 1 is 0.800 bits per heavy atom. The highest BCUT2D eigenvalue weighted by Crippen LogP contribution is 2.33. The Bertz CT molecular complexity index is 1950. The SMILES string of the molecule is O=C(Cl)c1cccc2ccccc12.O=C(NCCCN1CCC(c2c[nH]c3cc(F)ccc23)CC1)c1cccc2ccccc12. The number of rotatable bonds is 7. The highest BCUT2D eigenvalue weighted by atomic mass is 35.5. The fraction of sp³-hybridized carbons (Fsp3) is 0.211. The number of piperidine rings is 1. The Labute approximate surface area is 267 Å². The molecule has 7 rings (SSSR count). The molecule has 45 heavy (non-hydrogen) atoms. The summed E-state index contributed by atoms with van der Waals surface area (Å²) in [7, 11) is 0. The molecule has 5 nitrogen and oxygen atoms in total. The third kappa shape index (κ3) is 7.08. The van der Waals surface area contributed by atoms with Crippen molar-refractivity contribution in [3.63, 3.8) is 0 Å². The molecule has 0 radical (unpaired) electrons. The first-order valence-corrected chi connectivity index (χ1v) is 15.8. The van der Waals surface area contributed by atoms with Crippen molar-refractivity contribution in [2.24, 2.45) is 0 Å². The van der Waals surface area contributed by atoms with Crippen molar-refractivity contribution in [1.29, 1.82) is 0 Å². The number of H-pyrrole nitrogens is 1. The molecule has 0 bridgehead atoms. The molecule has 2 N–H and O–H groups in total. The van der Waals surface area contributed by atoms with Crippen molar-refractivity contribution >= 4 is 55.2 Å². The standard InChI is InChI=1S/C27H28FN3O.C11H7ClO/c28-21-9-10-23-25(18-30-26(23)17-21)20-11-15-31(16-12-20)14-4-13-29-27(32)24-8-3-6-19-5-1-2-7-22(19)24;12-11(13)10-7-3-5-8-4-1-2-6-9(8)10/h1-3,5-10,17-18,20,30H,4,11-16H2,(H,29,32);1-7H. The molecule has 2 heterocycles.